The number of hydrogen-bond acceptors (Lipinski definition) is 5. The third-order valence-electron chi connectivity index (χ3n) is 11.1. The SMILES string of the molecule is c1ccc2oc(-c3ccc(-c4ccc(N(c5ccc6ccc7c8ccccc8oc7c6c5)c5ccc6ccc7c8ccccc8oc7c6c5)cc4)cc3)nc2c1. The average molecular weight is 719 g/mol. The van der Waals surface area contributed by atoms with Gasteiger partial charge in [-0.3, -0.25) is 0 Å². The van der Waals surface area contributed by atoms with Crippen molar-refractivity contribution >= 4 is 93.6 Å². The van der Waals surface area contributed by atoms with Gasteiger partial charge in [-0.05, 0) is 107 Å². The standard InChI is InChI=1S/C51H30N2O3/c1-4-10-46-39(7-1)41-27-21-33-19-25-37(29-43(33)49(41)54-46)53(38-26-20-34-22-28-42-40-8-2-5-11-47(40)55-50(42)44(34)30-38)36-23-17-32(18-24-36)31-13-15-35(16-14-31)51-52-45-9-3-6-12-48(45)56-51/h1-30H. The molecular formula is C51H30N2O3. The molecule has 0 radical (unpaired) electrons. The molecule has 12 rings (SSSR count). The summed E-state index contributed by atoms with van der Waals surface area (Å²) in [5.41, 5.74) is 11.5. The third-order valence-corrected chi connectivity index (χ3v) is 11.1. The van der Waals surface area contributed by atoms with Gasteiger partial charge in [0.05, 0.1) is 0 Å². The van der Waals surface area contributed by atoms with Crippen LogP contribution in [0.15, 0.2) is 195 Å². The number of benzene rings is 9. The topological polar surface area (TPSA) is 55.6 Å². The zero-order valence-corrected chi connectivity index (χ0v) is 29.9. The first-order chi connectivity index (χ1) is 27.7. The van der Waals surface area contributed by atoms with Gasteiger partial charge in [-0.1, -0.05) is 97.1 Å². The highest BCUT2D eigenvalue weighted by Crippen LogP contribution is 2.43. The largest absolute Gasteiger partial charge is 0.455 e. The molecule has 0 aliphatic heterocycles. The number of aromatic nitrogens is 1. The van der Waals surface area contributed by atoms with E-state index in [-0.39, 0.29) is 0 Å². The first-order valence-electron chi connectivity index (χ1n) is 18.8. The van der Waals surface area contributed by atoms with E-state index in [0.29, 0.717) is 5.89 Å². The number of para-hydroxylation sites is 4. The van der Waals surface area contributed by atoms with Crippen LogP contribution in [0.25, 0.3) is 99.1 Å². The highest BCUT2D eigenvalue weighted by molar-refractivity contribution is 6.17. The molecule has 0 saturated carbocycles. The molecule has 0 unspecified atom stereocenters. The maximum atomic E-state index is 6.52. The van der Waals surface area contributed by atoms with E-state index in [2.05, 4.69) is 143 Å². The van der Waals surface area contributed by atoms with Gasteiger partial charge in [-0.2, -0.15) is 0 Å². The molecule has 0 spiro atoms. The van der Waals surface area contributed by atoms with Crippen molar-refractivity contribution < 1.29 is 13.3 Å². The van der Waals surface area contributed by atoms with Gasteiger partial charge in [0, 0.05) is 54.9 Å². The summed E-state index contributed by atoms with van der Waals surface area (Å²) >= 11 is 0. The van der Waals surface area contributed by atoms with Crippen LogP contribution in [0.5, 0.6) is 0 Å². The quantitative estimate of drug-likeness (QED) is 0.177. The molecule has 5 heteroatoms. The Balaban J connectivity index is 0.999. The molecule has 0 saturated heterocycles. The Morgan fingerprint density at radius 2 is 0.804 bits per heavy atom. The smallest absolute Gasteiger partial charge is 0.227 e. The Labute approximate surface area is 320 Å². The lowest BCUT2D eigenvalue weighted by molar-refractivity contribution is 0.620. The molecule has 0 fully saturated rings. The van der Waals surface area contributed by atoms with Crippen molar-refractivity contribution in [1.82, 2.24) is 4.98 Å². The van der Waals surface area contributed by atoms with Gasteiger partial charge in [0.2, 0.25) is 5.89 Å². The number of anilines is 3. The Morgan fingerprint density at radius 3 is 1.38 bits per heavy atom. The zero-order valence-electron chi connectivity index (χ0n) is 29.9. The summed E-state index contributed by atoms with van der Waals surface area (Å²) in [4.78, 5) is 7.00. The number of hydrogen-bond donors (Lipinski definition) is 0. The van der Waals surface area contributed by atoms with Crippen LogP contribution in [0.2, 0.25) is 0 Å². The second-order valence-electron chi connectivity index (χ2n) is 14.3. The molecule has 0 amide bonds. The first-order valence-corrected chi connectivity index (χ1v) is 18.8. The summed E-state index contributed by atoms with van der Waals surface area (Å²) in [7, 11) is 0. The Hall–Kier alpha value is -7.63. The number of fused-ring (bicyclic) bond motifs is 11. The van der Waals surface area contributed by atoms with Crippen LogP contribution in [-0.2, 0) is 0 Å². The van der Waals surface area contributed by atoms with Crippen LogP contribution < -0.4 is 4.90 Å². The lowest BCUT2D eigenvalue weighted by Gasteiger charge is -2.26. The predicted molar refractivity (Wildman–Crippen MR) is 229 cm³/mol. The molecule has 0 aliphatic carbocycles. The van der Waals surface area contributed by atoms with Gasteiger partial charge >= 0.3 is 0 Å². The number of furan rings is 2. The number of oxazole rings is 1. The van der Waals surface area contributed by atoms with Crippen molar-refractivity contribution in [1.29, 1.82) is 0 Å². The molecule has 9 aromatic carbocycles. The molecule has 3 heterocycles. The molecule has 0 bridgehead atoms. The van der Waals surface area contributed by atoms with Crippen LogP contribution in [0.1, 0.15) is 0 Å². The summed E-state index contributed by atoms with van der Waals surface area (Å²) in [6.45, 7) is 0. The van der Waals surface area contributed by atoms with Gasteiger partial charge in [-0.15, -0.1) is 0 Å². The van der Waals surface area contributed by atoms with Gasteiger partial charge in [0.15, 0.2) is 5.58 Å². The highest BCUT2D eigenvalue weighted by Gasteiger charge is 2.19. The molecule has 262 valence electrons. The van der Waals surface area contributed by atoms with E-state index >= 15 is 0 Å². The van der Waals surface area contributed by atoms with Gasteiger partial charge in [0.1, 0.15) is 27.8 Å². The van der Waals surface area contributed by atoms with Crippen LogP contribution in [0.4, 0.5) is 17.1 Å². The molecule has 0 aliphatic rings. The molecular weight excluding hydrogens is 689 g/mol. The summed E-state index contributed by atoms with van der Waals surface area (Å²) in [5, 5.41) is 8.85. The average Bonchev–Trinajstić information content (AvgIpc) is 3.98. The van der Waals surface area contributed by atoms with Crippen LogP contribution in [-0.4, -0.2) is 4.98 Å². The summed E-state index contributed by atoms with van der Waals surface area (Å²) < 4.78 is 19.1. The Morgan fingerprint density at radius 1 is 0.339 bits per heavy atom. The van der Waals surface area contributed by atoms with E-state index in [1.165, 1.54) is 0 Å². The van der Waals surface area contributed by atoms with Crippen molar-refractivity contribution in [3.05, 3.63) is 182 Å². The second-order valence-corrected chi connectivity index (χ2v) is 14.3. The zero-order chi connectivity index (χ0) is 36.7. The first kappa shape index (κ1) is 30.8. The van der Waals surface area contributed by atoms with Gasteiger partial charge in [-0.25, -0.2) is 4.98 Å². The fourth-order valence-corrected chi connectivity index (χ4v) is 8.31. The maximum Gasteiger partial charge on any atom is 0.227 e. The lowest BCUT2D eigenvalue weighted by Crippen LogP contribution is -2.10. The monoisotopic (exact) mass is 718 g/mol. The van der Waals surface area contributed by atoms with Crippen molar-refractivity contribution in [2.45, 2.75) is 0 Å². The van der Waals surface area contributed by atoms with Crippen molar-refractivity contribution in [2.24, 2.45) is 0 Å². The van der Waals surface area contributed by atoms with Crippen molar-refractivity contribution in [2.75, 3.05) is 4.90 Å². The van der Waals surface area contributed by atoms with Gasteiger partial charge < -0.3 is 18.2 Å². The molecule has 56 heavy (non-hydrogen) atoms. The Kier molecular flexibility index (Phi) is 6.56. The van der Waals surface area contributed by atoms with Crippen LogP contribution in [0, 0.1) is 0 Å². The van der Waals surface area contributed by atoms with E-state index in [1.807, 2.05) is 48.5 Å². The Bertz CT molecular complexity index is 3290. The molecule has 3 aromatic heterocycles. The fraction of sp³-hybridized carbons (Fsp3) is 0. The molecule has 12 aromatic rings. The van der Waals surface area contributed by atoms with E-state index in [1.54, 1.807) is 0 Å². The van der Waals surface area contributed by atoms with Crippen LogP contribution >= 0.6 is 0 Å². The van der Waals surface area contributed by atoms with Gasteiger partial charge in [0.25, 0.3) is 0 Å². The minimum atomic E-state index is 0.620. The minimum Gasteiger partial charge on any atom is -0.455 e. The minimum absolute atomic E-state index is 0.620. The second kappa shape index (κ2) is 11.9. The highest BCUT2D eigenvalue weighted by atomic mass is 16.3. The van der Waals surface area contributed by atoms with Crippen molar-refractivity contribution in [3.8, 4) is 22.6 Å². The summed E-state index contributed by atoms with van der Waals surface area (Å²) in [6.07, 6.45) is 0. The lowest BCUT2D eigenvalue weighted by atomic mass is 10.0. The fourth-order valence-electron chi connectivity index (χ4n) is 8.31. The number of nitrogens with zero attached hydrogens (tertiary/aromatic N) is 2. The summed E-state index contributed by atoms with van der Waals surface area (Å²) in [6, 6.07) is 63.5. The van der Waals surface area contributed by atoms with Crippen LogP contribution in [0.3, 0.4) is 0 Å². The van der Waals surface area contributed by atoms with E-state index in [0.717, 1.165) is 110 Å². The molecule has 5 nitrogen and oxygen atoms in total. The van der Waals surface area contributed by atoms with Crippen molar-refractivity contribution in [3.63, 3.8) is 0 Å². The predicted octanol–water partition coefficient (Wildman–Crippen LogP) is 14.7. The number of rotatable bonds is 5. The van der Waals surface area contributed by atoms with E-state index < -0.39 is 0 Å². The third kappa shape index (κ3) is 4.78. The normalized spacial score (nSPS) is 11.9. The maximum absolute atomic E-state index is 6.52. The van der Waals surface area contributed by atoms with E-state index in [4.69, 9.17) is 13.3 Å². The summed E-state index contributed by atoms with van der Waals surface area (Å²) in [5.74, 6) is 0.620. The van der Waals surface area contributed by atoms with E-state index in [9.17, 15) is 0 Å². The molecule has 0 N–H and O–H groups in total. The molecule has 0 atom stereocenters.